The summed E-state index contributed by atoms with van der Waals surface area (Å²) in [6, 6.07) is 0. The molecule has 86 valence electrons. The molecule has 2 heteroatoms. The second-order valence-corrected chi connectivity index (χ2v) is 5.50. The molecule has 0 spiro atoms. The van der Waals surface area contributed by atoms with Crippen LogP contribution in [0.2, 0.25) is 0 Å². The second kappa shape index (κ2) is 8.60. The van der Waals surface area contributed by atoms with E-state index in [1.807, 2.05) is 11.8 Å². The maximum absolute atomic E-state index is 5.93. The minimum absolute atomic E-state index is 0.443. The minimum Gasteiger partial charge on any atom is -0.330 e. The average molecular weight is 217 g/mol. The summed E-state index contributed by atoms with van der Waals surface area (Å²) in [6.07, 6.45) is 6.50. The van der Waals surface area contributed by atoms with Crippen LogP contribution in [0.15, 0.2) is 0 Å². The van der Waals surface area contributed by atoms with E-state index in [1.165, 1.54) is 43.6 Å². The predicted molar refractivity (Wildman–Crippen MR) is 68.9 cm³/mol. The SMILES string of the molecule is CCCCC(CC)(CN)CCSCC. The lowest BCUT2D eigenvalue weighted by atomic mass is 9.78. The highest BCUT2D eigenvalue weighted by molar-refractivity contribution is 7.99. The third kappa shape index (κ3) is 5.26. The van der Waals surface area contributed by atoms with Gasteiger partial charge < -0.3 is 5.73 Å². The van der Waals surface area contributed by atoms with Gasteiger partial charge in [-0.2, -0.15) is 11.8 Å². The quantitative estimate of drug-likeness (QED) is 0.596. The van der Waals surface area contributed by atoms with Gasteiger partial charge in [0, 0.05) is 0 Å². The van der Waals surface area contributed by atoms with Gasteiger partial charge in [0.05, 0.1) is 0 Å². The molecule has 0 amide bonds. The highest BCUT2D eigenvalue weighted by Gasteiger charge is 2.24. The molecule has 0 heterocycles. The maximum Gasteiger partial charge on any atom is -0.00203 e. The molecule has 0 aliphatic carbocycles. The lowest BCUT2D eigenvalue weighted by Gasteiger charge is -2.31. The van der Waals surface area contributed by atoms with E-state index in [-0.39, 0.29) is 0 Å². The van der Waals surface area contributed by atoms with E-state index >= 15 is 0 Å². The third-order valence-corrected chi connectivity index (χ3v) is 4.13. The Labute approximate surface area is 94.2 Å². The van der Waals surface area contributed by atoms with Crippen molar-refractivity contribution in [3.05, 3.63) is 0 Å². The molecule has 0 rings (SSSR count). The first-order valence-corrected chi connectivity index (χ1v) is 7.18. The van der Waals surface area contributed by atoms with Crippen LogP contribution in [-0.4, -0.2) is 18.1 Å². The Morgan fingerprint density at radius 3 is 2.29 bits per heavy atom. The van der Waals surface area contributed by atoms with Crippen LogP contribution in [0.1, 0.15) is 52.9 Å². The molecule has 1 unspecified atom stereocenters. The summed E-state index contributed by atoms with van der Waals surface area (Å²) in [4.78, 5) is 0. The van der Waals surface area contributed by atoms with Crippen molar-refractivity contribution in [3.63, 3.8) is 0 Å². The molecule has 0 aliphatic rings. The fourth-order valence-corrected chi connectivity index (χ4v) is 2.68. The molecule has 0 aromatic carbocycles. The van der Waals surface area contributed by atoms with Crippen LogP contribution in [-0.2, 0) is 0 Å². The first kappa shape index (κ1) is 14.3. The van der Waals surface area contributed by atoms with E-state index < -0.39 is 0 Å². The summed E-state index contributed by atoms with van der Waals surface area (Å²) in [5, 5.41) is 0. The molecule has 0 fully saturated rings. The molecule has 0 aromatic heterocycles. The zero-order valence-corrected chi connectivity index (χ0v) is 11.0. The first-order valence-electron chi connectivity index (χ1n) is 6.02. The van der Waals surface area contributed by atoms with Crippen LogP contribution in [0.25, 0.3) is 0 Å². The summed E-state index contributed by atoms with van der Waals surface area (Å²) in [5.41, 5.74) is 6.37. The summed E-state index contributed by atoms with van der Waals surface area (Å²) >= 11 is 2.04. The van der Waals surface area contributed by atoms with Crippen molar-refractivity contribution < 1.29 is 0 Å². The highest BCUT2D eigenvalue weighted by Crippen LogP contribution is 2.32. The lowest BCUT2D eigenvalue weighted by molar-refractivity contribution is 0.245. The van der Waals surface area contributed by atoms with Gasteiger partial charge in [0.25, 0.3) is 0 Å². The van der Waals surface area contributed by atoms with Gasteiger partial charge in [-0.15, -0.1) is 0 Å². The average Bonchev–Trinajstić information content (AvgIpc) is 2.24. The molecule has 0 aliphatic heterocycles. The van der Waals surface area contributed by atoms with Crippen LogP contribution in [0.4, 0.5) is 0 Å². The normalized spacial score (nSPS) is 15.4. The van der Waals surface area contributed by atoms with E-state index in [4.69, 9.17) is 5.73 Å². The van der Waals surface area contributed by atoms with Crippen molar-refractivity contribution in [1.82, 2.24) is 0 Å². The van der Waals surface area contributed by atoms with Gasteiger partial charge in [-0.3, -0.25) is 0 Å². The van der Waals surface area contributed by atoms with Crippen LogP contribution >= 0.6 is 11.8 Å². The van der Waals surface area contributed by atoms with Crippen LogP contribution in [0.5, 0.6) is 0 Å². The Kier molecular flexibility index (Phi) is 8.80. The monoisotopic (exact) mass is 217 g/mol. The van der Waals surface area contributed by atoms with Crippen molar-refractivity contribution in [2.75, 3.05) is 18.1 Å². The standard InChI is InChI=1S/C12H27NS/c1-4-7-8-12(5-2,11-13)9-10-14-6-3/h4-11,13H2,1-3H3. The third-order valence-electron chi connectivity index (χ3n) is 3.22. The van der Waals surface area contributed by atoms with Gasteiger partial charge in [0.2, 0.25) is 0 Å². The number of nitrogens with two attached hydrogens (primary N) is 1. The molecular formula is C12H27NS. The maximum atomic E-state index is 5.93. The summed E-state index contributed by atoms with van der Waals surface area (Å²) in [6.45, 7) is 7.65. The topological polar surface area (TPSA) is 26.0 Å². The van der Waals surface area contributed by atoms with Crippen molar-refractivity contribution in [2.45, 2.75) is 52.9 Å². The molecule has 0 saturated heterocycles. The number of unbranched alkanes of at least 4 members (excludes halogenated alkanes) is 1. The smallest absolute Gasteiger partial charge is 0.00203 e. The van der Waals surface area contributed by atoms with Gasteiger partial charge >= 0.3 is 0 Å². The Morgan fingerprint density at radius 1 is 1.14 bits per heavy atom. The van der Waals surface area contributed by atoms with E-state index in [9.17, 15) is 0 Å². The fraction of sp³-hybridized carbons (Fsp3) is 1.00. The molecule has 0 bridgehead atoms. The van der Waals surface area contributed by atoms with Crippen molar-refractivity contribution in [2.24, 2.45) is 11.1 Å². The molecule has 1 nitrogen and oxygen atoms in total. The van der Waals surface area contributed by atoms with Gasteiger partial charge in [-0.05, 0) is 42.7 Å². The predicted octanol–water partition coefficient (Wildman–Crippen LogP) is 3.67. The molecule has 1 atom stereocenters. The van der Waals surface area contributed by atoms with Gasteiger partial charge in [0.1, 0.15) is 0 Å². The Hall–Kier alpha value is 0.310. The van der Waals surface area contributed by atoms with Crippen LogP contribution < -0.4 is 5.73 Å². The fourth-order valence-electron chi connectivity index (χ4n) is 1.81. The van der Waals surface area contributed by atoms with Crippen LogP contribution in [0, 0.1) is 5.41 Å². The molecule has 0 saturated carbocycles. The minimum atomic E-state index is 0.443. The molecule has 2 N–H and O–H groups in total. The largest absolute Gasteiger partial charge is 0.330 e. The zero-order valence-electron chi connectivity index (χ0n) is 10.1. The van der Waals surface area contributed by atoms with E-state index in [2.05, 4.69) is 20.8 Å². The van der Waals surface area contributed by atoms with Crippen molar-refractivity contribution in [3.8, 4) is 0 Å². The molecule has 0 aromatic rings. The van der Waals surface area contributed by atoms with Gasteiger partial charge in [-0.25, -0.2) is 0 Å². The highest BCUT2D eigenvalue weighted by atomic mass is 32.2. The summed E-state index contributed by atoms with van der Waals surface area (Å²) in [7, 11) is 0. The Bertz CT molecular complexity index is 121. The Morgan fingerprint density at radius 2 is 1.86 bits per heavy atom. The zero-order chi connectivity index (χ0) is 10.9. The summed E-state index contributed by atoms with van der Waals surface area (Å²) in [5.74, 6) is 2.52. The molecule has 14 heavy (non-hydrogen) atoms. The number of hydrogen-bond acceptors (Lipinski definition) is 2. The lowest BCUT2D eigenvalue weighted by Crippen LogP contribution is -2.30. The molecule has 0 radical (unpaired) electrons. The van der Waals surface area contributed by atoms with Gasteiger partial charge in [-0.1, -0.05) is 33.6 Å². The number of rotatable bonds is 9. The first-order chi connectivity index (χ1) is 6.74. The van der Waals surface area contributed by atoms with Crippen molar-refractivity contribution in [1.29, 1.82) is 0 Å². The number of hydrogen-bond donors (Lipinski definition) is 1. The van der Waals surface area contributed by atoms with E-state index in [0.717, 1.165) is 6.54 Å². The number of thioether (sulfide) groups is 1. The molecular weight excluding hydrogens is 190 g/mol. The Balaban J connectivity index is 3.94. The van der Waals surface area contributed by atoms with Crippen molar-refractivity contribution >= 4 is 11.8 Å². The summed E-state index contributed by atoms with van der Waals surface area (Å²) < 4.78 is 0. The van der Waals surface area contributed by atoms with Gasteiger partial charge in [0.15, 0.2) is 0 Å². The van der Waals surface area contributed by atoms with Crippen LogP contribution in [0.3, 0.4) is 0 Å². The van der Waals surface area contributed by atoms with E-state index in [1.54, 1.807) is 0 Å². The second-order valence-electron chi connectivity index (χ2n) is 4.11. The van der Waals surface area contributed by atoms with E-state index in [0.29, 0.717) is 5.41 Å².